The van der Waals surface area contributed by atoms with Crippen LogP contribution in [0.2, 0.25) is 0 Å². The molecule has 1 aliphatic rings. The van der Waals surface area contributed by atoms with Crippen LogP contribution >= 0.6 is 0 Å². The fourth-order valence-corrected chi connectivity index (χ4v) is 3.22. The van der Waals surface area contributed by atoms with Crippen molar-refractivity contribution in [3.8, 4) is 5.75 Å². The summed E-state index contributed by atoms with van der Waals surface area (Å²) in [5.41, 5.74) is 2.14. The highest BCUT2D eigenvalue weighted by molar-refractivity contribution is 5.83. The lowest BCUT2D eigenvalue weighted by molar-refractivity contribution is -0.156. The summed E-state index contributed by atoms with van der Waals surface area (Å²) in [7, 11) is 0. The number of aryl methyl sites for hydroxylation is 2. The minimum atomic E-state index is -0.807. The van der Waals surface area contributed by atoms with Crippen LogP contribution in [-0.2, 0) is 14.3 Å². The largest absolute Gasteiger partial charge is 0.482 e. The van der Waals surface area contributed by atoms with Gasteiger partial charge in [0.05, 0.1) is 0 Å². The van der Waals surface area contributed by atoms with Crippen LogP contribution in [0.4, 0.5) is 0 Å². The van der Waals surface area contributed by atoms with Gasteiger partial charge in [-0.2, -0.15) is 0 Å². The number of benzene rings is 1. The summed E-state index contributed by atoms with van der Waals surface area (Å²) in [6.07, 6.45) is 5.29. The van der Waals surface area contributed by atoms with E-state index in [9.17, 15) is 9.59 Å². The zero-order valence-electron chi connectivity index (χ0n) is 15.5. The zero-order chi connectivity index (χ0) is 18.2. The summed E-state index contributed by atoms with van der Waals surface area (Å²) in [6.45, 7) is 5.99. The Labute approximate surface area is 150 Å². The van der Waals surface area contributed by atoms with Gasteiger partial charge in [-0.1, -0.05) is 25.3 Å². The van der Waals surface area contributed by atoms with Crippen molar-refractivity contribution in [1.82, 2.24) is 5.32 Å². The number of carbonyl (C=O) groups is 2. The van der Waals surface area contributed by atoms with Gasteiger partial charge in [-0.15, -0.1) is 0 Å². The lowest BCUT2D eigenvalue weighted by Crippen LogP contribution is -2.39. The molecule has 1 atom stereocenters. The first-order valence-electron chi connectivity index (χ1n) is 9.12. The van der Waals surface area contributed by atoms with E-state index in [2.05, 4.69) is 5.32 Å². The van der Waals surface area contributed by atoms with Gasteiger partial charge in [0.2, 0.25) is 0 Å². The van der Waals surface area contributed by atoms with Gasteiger partial charge in [0.25, 0.3) is 5.91 Å². The monoisotopic (exact) mass is 347 g/mol. The molecule has 1 amide bonds. The average Bonchev–Trinajstić information content (AvgIpc) is 2.58. The maximum atomic E-state index is 12.1. The molecular formula is C20H29NO4. The molecule has 138 valence electrons. The first kappa shape index (κ1) is 19.3. The van der Waals surface area contributed by atoms with Crippen molar-refractivity contribution in [2.75, 3.05) is 13.2 Å². The SMILES string of the molecule is Cc1cc(C)cc(OCC(=O)O[C@@H](C)C(=O)NCC2CCCCC2)c1. The molecule has 1 aromatic carbocycles. The number of esters is 1. The summed E-state index contributed by atoms with van der Waals surface area (Å²) < 4.78 is 10.6. The lowest BCUT2D eigenvalue weighted by Gasteiger charge is -2.22. The Kier molecular flexibility index (Phi) is 7.29. The third-order valence-corrected chi connectivity index (χ3v) is 4.52. The predicted octanol–water partition coefficient (Wildman–Crippen LogP) is 3.31. The van der Waals surface area contributed by atoms with Gasteiger partial charge >= 0.3 is 5.97 Å². The summed E-state index contributed by atoms with van der Waals surface area (Å²) in [5, 5.41) is 2.89. The van der Waals surface area contributed by atoms with Crippen molar-refractivity contribution in [1.29, 1.82) is 0 Å². The van der Waals surface area contributed by atoms with E-state index in [1.54, 1.807) is 6.92 Å². The molecule has 0 bridgehead atoms. The Morgan fingerprint density at radius 1 is 1.12 bits per heavy atom. The third kappa shape index (κ3) is 6.77. The molecule has 1 aliphatic carbocycles. The van der Waals surface area contributed by atoms with Crippen LogP contribution in [0.5, 0.6) is 5.75 Å². The van der Waals surface area contributed by atoms with Crippen molar-refractivity contribution < 1.29 is 19.1 Å². The second-order valence-electron chi connectivity index (χ2n) is 6.99. The van der Waals surface area contributed by atoms with Crippen molar-refractivity contribution in [2.45, 2.75) is 59.0 Å². The first-order chi connectivity index (χ1) is 11.9. The van der Waals surface area contributed by atoms with E-state index in [0.717, 1.165) is 24.0 Å². The highest BCUT2D eigenvalue weighted by Gasteiger charge is 2.20. The van der Waals surface area contributed by atoms with Gasteiger partial charge in [0.15, 0.2) is 12.7 Å². The van der Waals surface area contributed by atoms with E-state index in [4.69, 9.17) is 9.47 Å². The van der Waals surface area contributed by atoms with Crippen LogP contribution in [0.25, 0.3) is 0 Å². The third-order valence-electron chi connectivity index (χ3n) is 4.52. The van der Waals surface area contributed by atoms with Crippen molar-refractivity contribution >= 4 is 11.9 Å². The Morgan fingerprint density at radius 3 is 2.40 bits per heavy atom. The second-order valence-corrected chi connectivity index (χ2v) is 6.99. The number of hydrogen-bond acceptors (Lipinski definition) is 4. The van der Waals surface area contributed by atoms with E-state index in [1.807, 2.05) is 32.0 Å². The van der Waals surface area contributed by atoms with Crippen LogP contribution in [0.3, 0.4) is 0 Å². The van der Waals surface area contributed by atoms with Crippen LogP contribution in [0, 0.1) is 19.8 Å². The molecule has 0 saturated heterocycles. The number of hydrogen-bond donors (Lipinski definition) is 1. The minimum absolute atomic E-state index is 0.205. The topological polar surface area (TPSA) is 64.6 Å². The van der Waals surface area contributed by atoms with E-state index < -0.39 is 12.1 Å². The molecule has 1 aromatic rings. The maximum absolute atomic E-state index is 12.1. The highest BCUT2D eigenvalue weighted by Crippen LogP contribution is 2.22. The van der Waals surface area contributed by atoms with Gasteiger partial charge in [-0.05, 0) is 62.8 Å². The summed E-state index contributed by atoms with van der Waals surface area (Å²) in [6, 6.07) is 5.76. The first-order valence-corrected chi connectivity index (χ1v) is 9.12. The molecule has 0 heterocycles. The smallest absolute Gasteiger partial charge is 0.344 e. The molecule has 5 nitrogen and oxygen atoms in total. The molecular weight excluding hydrogens is 318 g/mol. The van der Waals surface area contributed by atoms with Crippen LogP contribution in [0.1, 0.15) is 50.2 Å². The van der Waals surface area contributed by atoms with Gasteiger partial charge in [0, 0.05) is 6.54 Å². The Balaban J connectivity index is 1.70. The lowest BCUT2D eigenvalue weighted by atomic mass is 9.89. The molecule has 0 unspecified atom stereocenters. The summed E-state index contributed by atoms with van der Waals surface area (Å²) in [4.78, 5) is 23.9. The second kappa shape index (κ2) is 9.44. The van der Waals surface area contributed by atoms with Gasteiger partial charge < -0.3 is 14.8 Å². The summed E-state index contributed by atoms with van der Waals surface area (Å²) in [5.74, 6) is 0.391. The fraction of sp³-hybridized carbons (Fsp3) is 0.600. The standard InChI is InChI=1S/C20H29NO4/c1-14-9-15(2)11-18(10-14)24-13-19(22)25-16(3)20(23)21-12-17-7-5-4-6-8-17/h9-11,16-17H,4-8,12-13H2,1-3H3,(H,21,23)/t16-/m0/s1. The maximum Gasteiger partial charge on any atom is 0.344 e. The molecule has 2 rings (SSSR count). The van der Waals surface area contributed by atoms with E-state index in [-0.39, 0.29) is 12.5 Å². The molecule has 0 spiro atoms. The molecule has 25 heavy (non-hydrogen) atoms. The van der Waals surface area contributed by atoms with Gasteiger partial charge in [0.1, 0.15) is 5.75 Å². The number of nitrogens with one attached hydrogen (secondary N) is 1. The number of rotatable bonds is 7. The summed E-state index contributed by atoms with van der Waals surface area (Å²) >= 11 is 0. The number of carbonyl (C=O) groups excluding carboxylic acids is 2. The number of ether oxygens (including phenoxy) is 2. The molecule has 1 saturated carbocycles. The quantitative estimate of drug-likeness (QED) is 0.769. The zero-order valence-corrected chi connectivity index (χ0v) is 15.5. The highest BCUT2D eigenvalue weighted by atomic mass is 16.6. The van der Waals surface area contributed by atoms with Crippen LogP contribution in [0.15, 0.2) is 18.2 Å². The molecule has 0 radical (unpaired) electrons. The molecule has 5 heteroatoms. The average molecular weight is 347 g/mol. The Morgan fingerprint density at radius 2 is 1.76 bits per heavy atom. The molecule has 1 N–H and O–H groups in total. The molecule has 0 aromatic heterocycles. The minimum Gasteiger partial charge on any atom is -0.482 e. The Hall–Kier alpha value is -2.04. The van der Waals surface area contributed by atoms with Crippen LogP contribution < -0.4 is 10.1 Å². The van der Waals surface area contributed by atoms with Gasteiger partial charge in [-0.25, -0.2) is 4.79 Å². The fourth-order valence-electron chi connectivity index (χ4n) is 3.22. The van der Waals surface area contributed by atoms with Gasteiger partial charge in [-0.3, -0.25) is 4.79 Å². The number of amides is 1. The molecule has 0 aliphatic heterocycles. The van der Waals surface area contributed by atoms with E-state index >= 15 is 0 Å². The van der Waals surface area contributed by atoms with E-state index in [0.29, 0.717) is 18.2 Å². The van der Waals surface area contributed by atoms with Crippen molar-refractivity contribution in [3.63, 3.8) is 0 Å². The van der Waals surface area contributed by atoms with Crippen molar-refractivity contribution in [2.24, 2.45) is 5.92 Å². The predicted molar refractivity (Wildman–Crippen MR) is 96.5 cm³/mol. The van der Waals surface area contributed by atoms with Crippen molar-refractivity contribution in [3.05, 3.63) is 29.3 Å². The molecule has 1 fully saturated rings. The van der Waals surface area contributed by atoms with Crippen LogP contribution in [-0.4, -0.2) is 31.1 Å². The Bertz CT molecular complexity index is 573. The normalized spacial score (nSPS) is 16.1. The van der Waals surface area contributed by atoms with E-state index in [1.165, 1.54) is 19.3 Å².